The summed E-state index contributed by atoms with van der Waals surface area (Å²) in [5.74, 6) is -0.106. The van der Waals surface area contributed by atoms with E-state index < -0.39 is 12.0 Å². The van der Waals surface area contributed by atoms with Crippen LogP contribution in [-0.4, -0.2) is 23.7 Å². The van der Waals surface area contributed by atoms with Crippen molar-refractivity contribution in [3.63, 3.8) is 0 Å². The predicted molar refractivity (Wildman–Crippen MR) is 66.3 cm³/mol. The first kappa shape index (κ1) is 13.5. The molecule has 3 N–H and O–H groups in total. The second kappa shape index (κ2) is 6.25. The molecule has 0 saturated carbocycles. The number of hydrogen-bond donors (Lipinski definition) is 2. The number of hydrogen-bond acceptors (Lipinski definition) is 3. The van der Waals surface area contributed by atoms with Crippen LogP contribution in [0.15, 0.2) is 18.2 Å². The average molecular weight is 237 g/mol. The molecule has 0 heterocycles. The summed E-state index contributed by atoms with van der Waals surface area (Å²) in [5, 5.41) is 8.61. The molecule has 0 aliphatic rings. The number of aryl methyl sites for hydroxylation is 2. The van der Waals surface area contributed by atoms with Crippen LogP contribution in [0.3, 0.4) is 0 Å². The highest BCUT2D eigenvalue weighted by Gasteiger charge is 2.10. The van der Waals surface area contributed by atoms with Gasteiger partial charge in [-0.25, -0.2) is 0 Å². The number of benzene rings is 1. The maximum atomic E-state index is 10.5. The van der Waals surface area contributed by atoms with Crippen molar-refractivity contribution in [2.24, 2.45) is 5.73 Å². The number of carboxylic acids is 1. The fourth-order valence-electron chi connectivity index (χ4n) is 1.47. The Morgan fingerprint density at radius 1 is 1.47 bits per heavy atom. The van der Waals surface area contributed by atoms with Gasteiger partial charge in [-0.3, -0.25) is 4.79 Å². The molecule has 1 unspecified atom stereocenters. The van der Waals surface area contributed by atoms with Crippen molar-refractivity contribution in [3.8, 4) is 5.75 Å². The van der Waals surface area contributed by atoms with Gasteiger partial charge in [-0.1, -0.05) is 12.1 Å². The normalized spacial score (nSPS) is 12.2. The van der Waals surface area contributed by atoms with Crippen molar-refractivity contribution in [2.45, 2.75) is 32.7 Å². The molecule has 0 aliphatic carbocycles. The quantitative estimate of drug-likeness (QED) is 0.741. The van der Waals surface area contributed by atoms with E-state index in [1.165, 1.54) is 0 Å². The molecule has 4 heteroatoms. The molecule has 1 atom stereocenters. The Kier molecular flexibility index (Phi) is 4.97. The zero-order valence-electron chi connectivity index (χ0n) is 10.3. The molecular weight excluding hydrogens is 218 g/mol. The summed E-state index contributed by atoms with van der Waals surface area (Å²) < 4.78 is 5.60. The first-order chi connectivity index (χ1) is 8.00. The van der Waals surface area contributed by atoms with Crippen LogP contribution < -0.4 is 10.5 Å². The maximum absolute atomic E-state index is 10.5. The van der Waals surface area contributed by atoms with Crippen LogP contribution in [0.4, 0.5) is 0 Å². The van der Waals surface area contributed by atoms with Crippen LogP contribution in [0, 0.1) is 13.8 Å². The van der Waals surface area contributed by atoms with E-state index in [0.717, 1.165) is 16.9 Å². The zero-order valence-corrected chi connectivity index (χ0v) is 10.3. The van der Waals surface area contributed by atoms with E-state index in [1.54, 1.807) is 0 Å². The Balaban J connectivity index is 2.36. The second-order valence-corrected chi connectivity index (χ2v) is 4.20. The van der Waals surface area contributed by atoms with Gasteiger partial charge in [-0.15, -0.1) is 0 Å². The molecule has 0 fully saturated rings. The fraction of sp³-hybridized carbons (Fsp3) is 0.462. The third kappa shape index (κ3) is 4.44. The molecule has 0 aromatic heterocycles. The smallest absolute Gasteiger partial charge is 0.320 e. The monoisotopic (exact) mass is 237 g/mol. The maximum Gasteiger partial charge on any atom is 0.320 e. The van der Waals surface area contributed by atoms with Gasteiger partial charge in [0.25, 0.3) is 0 Å². The highest BCUT2D eigenvalue weighted by Crippen LogP contribution is 2.19. The third-order valence-electron chi connectivity index (χ3n) is 2.58. The summed E-state index contributed by atoms with van der Waals surface area (Å²) in [7, 11) is 0. The summed E-state index contributed by atoms with van der Waals surface area (Å²) in [6, 6.07) is 5.22. The third-order valence-corrected chi connectivity index (χ3v) is 2.58. The molecule has 1 aromatic carbocycles. The largest absolute Gasteiger partial charge is 0.493 e. The first-order valence-electron chi connectivity index (χ1n) is 5.69. The molecule has 0 aliphatic heterocycles. The molecule has 0 radical (unpaired) electrons. The Labute approximate surface area is 101 Å². The molecule has 17 heavy (non-hydrogen) atoms. The molecule has 94 valence electrons. The highest BCUT2D eigenvalue weighted by atomic mass is 16.5. The predicted octanol–water partition coefficient (Wildman–Crippen LogP) is 1.87. The van der Waals surface area contributed by atoms with Gasteiger partial charge in [0.05, 0.1) is 6.61 Å². The van der Waals surface area contributed by atoms with Gasteiger partial charge in [-0.05, 0) is 43.9 Å². The summed E-state index contributed by atoms with van der Waals surface area (Å²) in [6.45, 7) is 4.48. The molecule has 4 nitrogen and oxygen atoms in total. The number of nitrogens with two attached hydrogens (primary N) is 1. The number of ether oxygens (including phenoxy) is 1. The Morgan fingerprint density at radius 3 is 2.82 bits per heavy atom. The first-order valence-corrected chi connectivity index (χ1v) is 5.69. The van der Waals surface area contributed by atoms with Crippen LogP contribution in [0.1, 0.15) is 24.0 Å². The molecule has 0 spiro atoms. The topological polar surface area (TPSA) is 72.5 Å². The zero-order chi connectivity index (χ0) is 12.8. The molecule has 1 aromatic rings. The number of carboxylic acid groups (broad SMARTS) is 1. The van der Waals surface area contributed by atoms with Crippen molar-refractivity contribution < 1.29 is 14.6 Å². The van der Waals surface area contributed by atoms with Gasteiger partial charge in [0, 0.05) is 0 Å². The summed E-state index contributed by atoms with van der Waals surface area (Å²) in [5.41, 5.74) is 7.62. The van der Waals surface area contributed by atoms with Gasteiger partial charge in [0.15, 0.2) is 0 Å². The van der Waals surface area contributed by atoms with Crippen molar-refractivity contribution in [2.75, 3.05) is 6.61 Å². The van der Waals surface area contributed by atoms with Crippen molar-refractivity contribution in [3.05, 3.63) is 29.3 Å². The summed E-state index contributed by atoms with van der Waals surface area (Å²) >= 11 is 0. The fourth-order valence-corrected chi connectivity index (χ4v) is 1.47. The van der Waals surface area contributed by atoms with E-state index in [-0.39, 0.29) is 0 Å². The van der Waals surface area contributed by atoms with E-state index in [4.69, 9.17) is 15.6 Å². The van der Waals surface area contributed by atoms with Crippen molar-refractivity contribution in [1.82, 2.24) is 0 Å². The van der Waals surface area contributed by atoms with Gasteiger partial charge >= 0.3 is 5.97 Å². The summed E-state index contributed by atoms with van der Waals surface area (Å²) in [4.78, 5) is 10.5. The van der Waals surface area contributed by atoms with E-state index in [1.807, 2.05) is 32.0 Å². The second-order valence-electron chi connectivity index (χ2n) is 4.20. The minimum Gasteiger partial charge on any atom is -0.493 e. The Bertz CT molecular complexity index is 390. The van der Waals surface area contributed by atoms with Crippen LogP contribution in [0.25, 0.3) is 0 Å². The number of rotatable bonds is 6. The summed E-state index contributed by atoms with van der Waals surface area (Å²) in [6.07, 6.45) is 1.07. The lowest BCUT2D eigenvalue weighted by atomic mass is 10.1. The lowest BCUT2D eigenvalue weighted by Gasteiger charge is -2.10. The van der Waals surface area contributed by atoms with E-state index in [2.05, 4.69) is 0 Å². The Morgan fingerprint density at radius 2 is 2.18 bits per heavy atom. The molecule has 0 amide bonds. The van der Waals surface area contributed by atoms with Crippen molar-refractivity contribution in [1.29, 1.82) is 0 Å². The molecule has 0 saturated heterocycles. The van der Waals surface area contributed by atoms with Crippen LogP contribution in [-0.2, 0) is 4.79 Å². The van der Waals surface area contributed by atoms with E-state index in [0.29, 0.717) is 19.4 Å². The number of carbonyl (C=O) groups is 1. The molecular formula is C13H19NO3. The lowest BCUT2D eigenvalue weighted by molar-refractivity contribution is -0.138. The molecule has 0 bridgehead atoms. The minimum absolute atomic E-state index is 0.431. The van der Waals surface area contributed by atoms with Gasteiger partial charge in [0.2, 0.25) is 0 Å². The van der Waals surface area contributed by atoms with Crippen LogP contribution in [0.5, 0.6) is 5.75 Å². The van der Waals surface area contributed by atoms with Gasteiger partial charge in [0.1, 0.15) is 11.8 Å². The van der Waals surface area contributed by atoms with Crippen LogP contribution in [0.2, 0.25) is 0 Å². The lowest BCUT2D eigenvalue weighted by Crippen LogP contribution is -2.30. The standard InChI is InChI=1S/C13H19NO3/c1-9-5-6-10(2)12(8-9)17-7-3-4-11(14)13(15)16/h5-6,8,11H,3-4,7,14H2,1-2H3,(H,15,16). The average Bonchev–Trinajstić information content (AvgIpc) is 2.28. The van der Waals surface area contributed by atoms with E-state index >= 15 is 0 Å². The number of aliphatic carboxylic acids is 1. The molecule has 1 rings (SSSR count). The van der Waals surface area contributed by atoms with E-state index in [9.17, 15) is 4.79 Å². The SMILES string of the molecule is Cc1ccc(C)c(OCCCC(N)C(=O)O)c1. The Hall–Kier alpha value is -1.55. The van der Waals surface area contributed by atoms with Crippen molar-refractivity contribution >= 4 is 5.97 Å². The minimum atomic E-state index is -0.961. The highest BCUT2D eigenvalue weighted by molar-refractivity contribution is 5.72. The van der Waals surface area contributed by atoms with Crippen LogP contribution >= 0.6 is 0 Å². The van der Waals surface area contributed by atoms with Gasteiger partial charge < -0.3 is 15.6 Å². The van der Waals surface area contributed by atoms with Gasteiger partial charge in [-0.2, -0.15) is 0 Å².